The van der Waals surface area contributed by atoms with E-state index in [1.165, 1.54) is 0 Å². The highest BCUT2D eigenvalue weighted by Gasteiger charge is 2.44. The molecule has 2 atom stereocenters. The first-order valence-corrected chi connectivity index (χ1v) is 9.80. The van der Waals surface area contributed by atoms with E-state index < -0.39 is 0 Å². The molecule has 0 N–H and O–H groups in total. The number of nitrogens with zero attached hydrogens (tertiary/aromatic N) is 1. The lowest BCUT2D eigenvalue weighted by molar-refractivity contribution is -0.0755. The normalized spacial score (nSPS) is 23.9. The predicted octanol–water partition coefficient (Wildman–Crippen LogP) is 3.99. The van der Waals surface area contributed by atoms with Crippen LogP contribution in [0.25, 0.3) is 0 Å². The van der Waals surface area contributed by atoms with Crippen LogP contribution in [0.3, 0.4) is 0 Å². The van der Waals surface area contributed by atoms with Gasteiger partial charge in [0.05, 0.1) is 25.3 Å². The van der Waals surface area contributed by atoms with Gasteiger partial charge < -0.3 is 9.47 Å². The van der Waals surface area contributed by atoms with E-state index >= 15 is 0 Å². The molecule has 28 heavy (non-hydrogen) atoms. The van der Waals surface area contributed by atoms with Crippen molar-refractivity contribution in [2.75, 3.05) is 13.2 Å². The lowest BCUT2D eigenvalue weighted by atomic mass is 9.80. The van der Waals surface area contributed by atoms with Crippen LogP contribution in [0.5, 0.6) is 0 Å². The molecule has 4 rings (SSSR count). The van der Waals surface area contributed by atoms with E-state index in [9.17, 15) is 9.59 Å². The summed E-state index contributed by atoms with van der Waals surface area (Å²) in [6.07, 6.45) is 0.915. The number of piperidine rings is 1. The van der Waals surface area contributed by atoms with Crippen molar-refractivity contribution in [1.29, 1.82) is 0 Å². The number of hydrogen-bond donors (Lipinski definition) is 0. The van der Waals surface area contributed by atoms with Gasteiger partial charge in [-0.25, -0.2) is 4.79 Å². The first-order chi connectivity index (χ1) is 13.6. The third-order valence-electron chi connectivity index (χ3n) is 5.72. The van der Waals surface area contributed by atoms with Crippen LogP contribution < -0.4 is 0 Å². The first kappa shape index (κ1) is 18.7. The fraction of sp³-hybridized carbons (Fsp3) is 0.391. The molecule has 0 spiro atoms. The Bertz CT molecular complexity index is 837. The van der Waals surface area contributed by atoms with Gasteiger partial charge in [-0.15, -0.1) is 0 Å². The Labute approximate surface area is 165 Å². The molecule has 2 bridgehead atoms. The number of morpholine rings is 1. The number of Topliss-reactive ketones (excluding diaryl/α,β-unsaturated/α-hetero) is 1. The zero-order valence-electron chi connectivity index (χ0n) is 16.0. The van der Waals surface area contributed by atoms with Gasteiger partial charge in [-0.2, -0.15) is 0 Å². The van der Waals surface area contributed by atoms with Crippen molar-refractivity contribution in [2.45, 2.75) is 38.5 Å². The second-order valence-corrected chi connectivity index (χ2v) is 7.64. The number of hydrogen-bond acceptors (Lipinski definition) is 4. The molecule has 2 heterocycles. The summed E-state index contributed by atoms with van der Waals surface area (Å²) in [6.45, 7) is 3.12. The van der Waals surface area contributed by atoms with Crippen LogP contribution in [0, 0.1) is 12.8 Å². The Hall–Kier alpha value is -2.66. The molecular formula is C23H25NO4. The maximum Gasteiger partial charge on any atom is 0.410 e. The number of aryl methyl sites for hydroxylation is 1. The lowest BCUT2D eigenvalue weighted by Gasteiger charge is -2.47. The van der Waals surface area contributed by atoms with Crippen LogP contribution >= 0.6 is 0 Å². The molecule has 0 aliphatic carbocycles. The Morgan fingerprint density at radius 2 is 1.64 bits per heavy atom. The van der Waals surface area contributed by atoms with Gasteiger partial charge in [0.15, 0.2) is 5.78 Å². The second-order valence-electron chi connectivity index (χ2n) is 7.64. The lowest BCUT2D eigenvalue weighted by Crippen LogP contribution is -2.59. The van der Waals surface area contributed by atoms with Crippen LogP contribution in [0.15, 0.2) is 54.6 Å². The van der Waals surface area contributed by atoms with Gasteiger partial charge in [-0.3, -0.25) is 9.69 Å². The van der Waals surface area contributed by atoms with E-state index in [2.05, 4.69) is 0 Å². The average Bonchev–Trinajstić information content (AvgIpc) is 2.71. The molecule has 2 aromatic rings. The standard InChI is InChI=1S/C23H25NO4/c1-16-7-5-6-10-21(16)22(25)18-11-19-14-27-15-20(12-18)24(19)23(26)28-13-17-8-3-2-4-9-17/h2-10,18-20H,11-15H2,1H3. The van der Waals surface area contributed by atoms with Crippen LogP contribution in [-0.2, 0) is 16.1 Å². The van der Waals surface area contributed by atoms with Crippen molar-refractivity contribution in [1.82, 2.24) is 4.90 Å². The minimum absolute atomic E-state index is 0.0850. The molecule has 2 fully saturated rings. The molecule has 0 radical (unpaired) electrons. The van der Waals surface area contributed by atoms with Gasteiger partial charge in [-0.05, 0) is 30.9 Å². The van der Waals surface area contributed by atoms with E-state index in [0.29, 0.717) is 26.1 Å². The summed E-state index contributed by atoms with van der Waals surface area (Å²) in [6, 6.07) is 17.1. The summed E-state index contributed by atoms with van der Waals surface area (Å²) >= 11 is 0. The Morgan fingerprint density at radius 1 is 1.00 bits per heavy atom. The third kappa shape index (κ3) is 3.80. The number of fused-ring (bicyclic) bond motifs is 2. The van der Waals surface area contributed by atoms with Crippen molar-refractivity contribution in [2.24, 2.45) is 5.92 Å². The third-order valence-corrected chi connectivity index (χ3v) is 5.72. The van der Waals surface area contributed by atoms with Gasteiger partial charge in [-0.1, -0.05) is 54.6 Å². The predicted molar refractivity (Wildman–Crippen MR) is 105 cm³/mol. The SMILES string of the molecule is Cc1ccccc1C(=O)C1CC2COCC(C1)N2C(=O)OCc1ccccc1. The summed E-state index contributed by atoms with van der Waals surface area (Å²) in [5.74, 6) is 0.0884. The van der Waals surface area contributed by atoms with Crippen molar-refractivity contribution >= 4 is 11.9 Å². The Balaban J connectivity index is 1.44. The number of carbonyl (C=O) groups is 2. The van der Waals surface area contributed by atoms with E-state index in [1.807, 2.05) is 61.5 Å². The minimum atomic E-state index is -0.316. The number of amides is 1. The summed E-state index contributed by atoms with van der Waals surface area (Å²) in [4.78, 5) is 27.6. The second kappa shape index (κ2) is 8.15. The van der Waals surface area contributed by atoms with Crippen LogP contribution in [0.2, 0.25) is 0 Å². The molecule has 2 aliphatic rings. The molecule has 0 saturated carbocycles. The molecule has 5 heteroatoms. The van der Waals surface area contributed by atoms with Crippen molar-refractivity contribution in [3.8, 4) is 0 Å². The minimum Gasteiger partial charge on any atom is -0.445 e. The van der Waals surface area contributed by atoms with E-state index in [4.69, 9.17) is 9.47 Å². The van der Waals surface area contributed by atoms with E-state index in [0.717, 1.165) is 16.7 Å². The zero-order valence-corrected chi connectivity index (χ0v) is 16.0. The van der Waals surface area contributed by atoms with Crippen LogP contribution in [0.1, 0.15) is 34.3 Å². The number of carbonyl (C=O) groups excluding carboxylic acids is 2. The van der Waals surface area contributed by atoms with Crippen LogP contribution in [0.4, 0.5) is 4.79 Å². The molecule has 2 unspecified atom stereocenters. The molecule has 2 aromatic carbocycles. The highest BCUT2D eigenvalue weighted by atomic mass is 16.6. The fourth-order valence-corrected chi connectivity index (χ4v) is 4.29. The summed E-state index contributed by atoms with van der Waals surface area (Å²) in [5.41, 5.74) is 2.74. The summed E-state index contributed by atoms with van der Waals surface area (Å²) in [5, 5.41) is 0. The van der Waals surface area contributed by atoms with E-state index in [1.54, 1.807) is 4.90 Å². The topological polar surface area (TPSA) is 55.8 Å². The maximum absolute atomic E-state index is 13.1. The van der Waals surface area contributed by atoms with Gasteiger partial charge in [0.1, 0.15) is 6.61 Å². The highest BCUT2D eigenvalue weighted by molar-refractivity contribution is 5.99. The van der Waals surface area contributed by atoms with Crippen molar-refractivity contribution < 1.29 is 19.1 Å². The Morgan fingerprint density at radius 3 is 2.32 bits per heavy atom. The van der Waals surface area contributed by atoms with Gasteiger partial charge >= 0.3 is 6.09 Å². The summed E-state index contributed by atoms with van der Waals surface area (Å²) < 4.78 is 11.2. The number of rotatable bonds is 4. The van der Waals surface area contributed by atoms with Gasteiger partial charge in [0, 0.05) is 11.5 Å². The maximum atomic E-state index is 13.1. The molecule has 5 nitrogen and oxygen atoms in total. The zero-order chi connectivity index (χ0) is 19.5. The van der Waals surface area contributed by atoms with Gasteiger partial charge in [0.25, 0.3) is 0 Å². The van der Waals surface area contributed by atoms with Gasteiger partial charge in [0.2, 0.25) is 0 Å². The molecule has 146 valence electrons. The quantitative estimate of drug-likeness (QED) is 0.754. The Kier molecular flexibility index (Phi) is 5.44. The molecule has 2 saturated heterocycles. The molecular weight excluding hydrogens is 354 g/mol. The van der Waals surface area contributed by atoms with Crippen molar-refractivity contribution in [3.63, 3.8) is 0 Å². The van der Waals surface area contributed by atoms with Crippen LogP contribution in [-0.4, -0.2) is 42.1 Å². The van der Waals surface area contributed by atoms with E-state index in [-0.39, 0.29) is 36.5 Å². The number of benzene rings is 2. The average molecular weight is 379 g/mol. The smallest absolute Gasteiger partial charge is 0.410 e. The first-order valence-electron chi connectivity index (χ1n) is 9.80. The molecule has 1 amide bonds. The highest BCUT2D eigenvalue weighted by Crippen LogP contribution is 2.34. The number of ether oxygens (including phenoxy) is 2. The largest absolute Gasteiger partial charge is 0.445 e. The molecule has 0 aromatic heterocycles. The number of ketones is 1. The van der Waals surface area contributed by atoms with Crippen molar-refractivity contribution in [3.05, 3.63) is 71.3 Å². The summed E-state index contributed by atoms with van der Waals surface area (Å²) in [7, 11) is 0. The fourth-order valence-electron chi connectivity index (χ4n) is 4.29. The monoisotopic (exact) mass is 379 g/mol. The molecule has 2 aliphatic heterocycles.